The van der Waals surface area contributed by atoms with E-state index in [1.54, 1.807) is 24.3 Å². The molecule has 0 aliphatic heterocycles. The minimum absolute atomic E-state index is 0.0840. The lowest BCUT2D eigenvalue weighted by Gasteiger charge is -2.15. The van der Waals surface area contributed by atoms with Crippen LogP contribution in [0.1, 0.15) is 35.7 Å². The molecule has 2 aromatic rings. The van der Waals surface area contributed by atoms with Crippen LogP contribution in [0.2, 0.25) is 5.02 Å². The van der Waals surface area contributed by atoms with Gasteiger partial charge in [0, 0.05) is 22.8 Å². The highest BCUT2D eigenvalue weighted by molar-refractivity contribution is 6.31. The third kappa shape index (κ3) is 3.29. The van der Waals surface area contributed by atoms with Crippen molar-refractivity contribution in [3.63, 3.8) is 0 Å². The van der Waals surface area contributed by atoms with Crippen LogP contribution < -0.4 is 10.6 Å². The van der Waals surface area contributed by atoms with Crippen LogP contribution in [0.4, 0.5) is 5.69 Å². The Morgan fingerprint density at radius 2 is 1.83 bits per heavy atom. The van der Waals surface area contributed by atoms with Crippen molar-refractivity contribution in [3.8, 4) is 0 Å². The summed E-state index contributed by atoms with van der Waals surface area (Å²) in [5.41, 5.74) is 1.81. The highest BCUT2D eigenvalue weighted by atomic mass is 35.5. The minimum atomic E-state index is -0.383. The van der Waals surface area contributed by atoms with Gasteiger partial charge in [0.1, 0.15) is 0 Å². The van der Waals surface area contributed by atoms with Crippen molar-refractivity contribution < 1.29 is 9.59 Å². The van der Waals surface area contributed by atoms with Crippen molar-refractivity contribution >= 4 is 29.1 Å². The van der Waals surface area contributed by atoms with Crippen LogP contribution in [0.15, 0.2) is 48.5 Å². The Kier molecular flexibility index (Phi) is 4.58. The summed E-state index contributed by atoms with van der Waals surface area (Å²) in [7, 11) is 0. The van der Waals surface area contributed by atoms with Gasteiger partial charge >= 0.3 is 0 Å². The number of halogens is 1. The highest BCUT2D eigenvalue weighted by Gasteiger charge is 2.50. The molecule has 1 aliphatic carbocycles. The number of amides is 2. The summed E-state index contributed by atoms with van der Waals surface area (Å²) in [5, 5.41) is 6.26. The van der Waals surface area contributed by atoms with Gasteiger partial charge in [-0.05, 0) is 55.7 Å². The first-order chi connectivity index (χ1) is 11.5. The zero-order chi connectivity index (χ0) is 17.2. The normalized spacial score (nSPS) is 14.8. The summed E-state index contributed by atoms with van der Waals surface area (Å²) in [6.07, 6.45) is 1.74. The van der Waals surface area contributed by atoms with Crippen LogP contribution in [0.25, 0.3) is 0 Å². The Bertz CT molecular complexity index is 767. The number of carbonyl (C=O) groups is 2. The Labute approximate surface area is 146 Å². The van der Waals surface area contributed by atoms with Gasteiger partial charge in [-0.25, -0.2) is 0 Å². The van der Waals surface area contributed by atoms with Gasteiger partial charge in [-0.15, -0.1) is 0 Å². The topological polar surface area (TPSA) is 58.2 Å². The molecular formula is C19H19ClN2O2. The summed E-state index contributed by atoms with van der Waals surface area (Å²) >= 11 is 5.91. The molecular weight excluding hydrogens is 324 g/mol. The number of carbonyl (C=O) groups excluding carboxylic acids is 2. The molecule has 0 radical (unpaired) electrons. The van der Waals surface area contributed by atoms with E-state index in [1.165, 1.54) is 0 Å². The summed E-state index contributed by atoms with van der Waals surface area (Å²) in [4.78, 5) is 24.4. The van der Waals surface area contributed by atoms with Crippen LogP contribution in [-0.2, 0) is 10.2 Å². The van der Waals surface area contributed by atoms with E-state index in [4.69, 9.17) is 11.6 Å². The van der Waals surface area contributed by atoms with E-state index in [1.807, 2.05) is 31.2 Å². The summed E-state index contributed by atoms with van der Waals surface area (Å²) in [6.45, 7) is 2.55. The van der Waals surface area contributed by atoms with Crippen LogP contribution in [0.5, 0.6) is 0 Å². The molecule has 0 unspecified atom stereocenters. The number of nitrogens with one attached hydrogen (secondary N) is 2. The van der Waals surface area contributed by atoms with Gasteiger partial charge in [0.25, 0.3) is 5.91 Å². The third-order valence-corrected chi connectivity index (χ3v) is 4.54. The molecule has 2 amide bonds. The molecule has 1 aliphatic rings. The SMILES string of the molecule is CCNC(=O)C1(c2ccc(NC(=O)c3cccc(Cl)c3)cc2)CC1. The van der Waals surface area contributed by atoms with Gasteiger partial charge in [-0.1, -0.05) is 29.8 Å². The molecule has 4 nitrogen and oxygen atoms in total. The van der Waals surface area contributed by atoms with E-state index in [0.717, 1.165) is 18.4 Å². The average Bonchev–Trinajstić information content (AvgIpc) is 3.38. The largest absolute Gasteiger partial charge is 0.356 e. The zero-order valence-corrected chi connectivity index (χ0v) is 14.2. The van der Waals surface area contributed by atoms with E-state index in [2.05, 4.69) is 10.6 Å². The Morgan fingerprint density at radius 1 is 1.12 bits per heavy atom. The van der Waals surface area contributed by atoms with Crippen molar-refractivity contribution in [1.82, 2.24) is 5.32 Å². The molecule has 1 saturated carbocycles. The van der Waals surface area contributed by atoms with E-state index in [-0.39, 0.29) is 17.2 Å². The van der Waals surface area contributed by atoms with Gasteiger partial charge in [0.15, 0.2) is 0 Å². The van der Waals surface area contributed by atoms with Crippen LogP contribution >= 0.6 is 11.6 Å². The summed E-state index contributed by atoms with van der Waals surface area (Å²) < 4.78 is 0. The molecule has 0 atom stereocenters. The number of benzene rings is 2. The molecule has 0 bridgehead atoms. The monoisotopic (exact) mass is 342 g/mol. The number of anilines is 1. The van der Waals surface area contributed by atoms with Gasteiger partial charge in [0.2, 0.25) is 5.91 Å². The molecule has 1 fully saturated rings. The van der Waals surface area contributed by atoms with Gasteiger partial charge < -0.3 is 10.6 Å². The van der Waals surface area contributed by atoms with E-state index in [9.17, 15) is 9.59 Å². The zero-order valence-electron chi connectivity index (χ0n) is 13.4. The maximum Gasteiger partial charge on any atom is 0.255 e. The molecule has 0 heterocycles. The predicted molar refractivity (Wildman–Crippen MR) is 95.4 cm³/mol. The number of hydrogen-bond donors (Lipinski definition) is 2. The van der Waals surface area contributed by atoms with Crippen molar-refractivity contribution in [2.24, 2.45) is 0 Å². The van der Waals surface area contributed by atoms with Gasteiger partial charge in [-0.3, -0.25) is 9.59 Å². The maximum atomic E-state index is 12.2. The molecule has 124 valence electrons. The fourth-order valence-corrected chi connectivity index (χ4v) is 3.00. The smallest absolute Gasteiger partial charge is 0.255 e. The molecule has 3 rings (SSSR count). The van der Waals surface area contributed by atoms with Crippen molar-refractivity contribution in [1.29, 1.82) is 0 Å². The van der Waals surface area contributed by atoms with Crippen LogP contribution in [0, 0.1) is 0 Å². The number of rotatable bonds is 5. The van der Waals surface area contributed by atoms with Crippen molar-refractivity contribution in [2.45, 2.75) is 25.2 Å². The lowest BCUT2D eigenvalue weighted by Crippen LogP contribution is -2.34. The first-order valence-corrected chi connectivity index (χ1v) is 8.39. The average molecular weight is 343 g/mol. The molecule has 5 heteroatoms. The molecule has 2 N–H and O–H groups in total. The Morgan fingerprint density at radius 3 is 2.42 bits per heavy atom. The van der Waals surface area contributed by atoms with Crippen LogP contribution in [-0.4, -0.2) is 18.4 Å². The lowest BCUT2D eigenvalue weighted by atomic mass is 9.94. The number of likely N-dealkylation sites (N-methyl/N-ethyl adjacent to an activating group) is 1. The second-order valence-electron chi connectivity index (χ2n) is 5.98. The quantitative estimate of drug-likeness (QED) is 0.869. The maximum absolute atomic E-state index is 12.2. The van der Waals surface area contributed by atoms with Crippen molar-refractivity contribution in [2.75, 3.05) is 11.9 Å². The fourth-order valence-electron chi connectivity index (χ4n) is 2.81. The summed E-state index contributed by atoms with van der Waals surface area (Å²) in [6, 6.07) is 14.3. The van der Waals surface area contributed by atoms with E-state index < -0.39 is 0 Å². The first kappa shape index (κ1) is 16.5. The third-order valence-electron chi connectivity index (χ3n) is 4.30. The van der Waals surface area contributed by atoms with Crippen LogP contribution in [0.3, 0.4) is 0 Å². The molecule has 24 heavy (non-hydrogen) atoms. The molecule has 0 spiro atoms. The van der Waals surface area contributed by atoms with E-state index in [0.29, 0.717) is 22.8 Å². The van der Waals surface area contributed by atoms with Gasteiger partial charge in [0.05, 0.1) is 5.41 Å². The standard InChI is InChI=1S/C19H19ClN2O2/c1-2-21-18(24)19(10-11-19)14-6-8-16(9-7-14)22-17(23)13-4-3-5-15(20)12-13/h3-9,12H,2,10-11H2,1H3,(H,21,24)(H,22,23). The fraction of sp³-hybridized carbons (Fsp3) is 0.263. The summed E-state index contributed by atoms with van der Waals surface area (Å²) in [5.74, 6) is -0.129. The van der Waals surface area contributed by atoms with E-state index >= 15 is 0 Å². The second kappa shape index (κ2) is 6.65. The Balaban J connectivity index is 1.71. The molecule has 2 aromatic carbocycles. The first-order valence-electron chi connectivity index (χ1n) is 8.01. The minimum Gasteiger partial charge on any atom is -0.356 e. The number of hydrogen-bond acceptors (Lipinski definition) is 2. The highest BCUT2D eigenvalue weighted by Crippen LogP contribution is 2.48. The second-order valence-corrected chi connectivity index (χ2v) is 6.42. The van der Waals surface area contributed by atoms with Crippen molar-refractivity contribution in [3.05, 3.63) is 64.7 Å². The Hall–Kier alpha value is -2.33. The predicted octanol–water partition coefficient (Wildman–Crippen LogP) is 3.76. The lowest BCUT2D eigenvalue weighted by molar-refractivity contribution is -0.123. The molecule has 0 saturated heterocycles. The van der Waals surface area contributed by atoms with Gasteiger partial charge in [-0.2, -0.15) is 0 Å². The molecule has 0 aromatic heterocycles.